The van der Waals surface area contributed by atoms with Crippen molar-refractivity contribution in [2.45, 2.75) is 68.5 Å². The van der Waals surface area contributed by atoms with Crippen LogP contribution in [0.2, 0.25) is 5.02 Å². The molecule has 0 saturated carbocycles. The molecule has 3 fully saturated rings. The normalized spacial score (nSPS) is 31.1. The Hall–Kier alpha value is -1.68. The number of fused-ring (bicyclic) bond motifs is 1. The standard InChI is InChI=1S/C25H33BrClN3O5/c1-3-10-28-22(32)17-18-24(34)30(11-5-4-6-12-31)21(25(18)13-15(26)20(17)35-25)23(33)29-19-14(2)8-7-9-16(19)27/h7-9,15,17-18,20-21,31H,3-6,10-13H2,1-2H3,(H,28,32)(H,29,33)/t15?,17-,18-,20-,21?,25?/m0/s1. The SMILES string of the molecule is CCCNC(=O)[C@H]1[C@H]2C(=O)N(CCCCCO)C(C(=O)Nc3c(C)cccc3Cl)C23CC(Br)[C@@H]1O3. The molecule has 3 aliphatic rings. The third kappa shape index (κ3) is 4.61. The highest BCUT2D eigenvalue weighted by atomic mass is 79.9. The minimum Gasteiger partial charge on any atom is -0.396 e. The van der Waals surface area contributed by atoms with Gasteiger partial charge in [0.05, 0.1) is 28.6 Å². The lowest BCUT2D eigenvalue weighted by atomic mass is 9.70. The maximum Gasteiger partial charge on any atom is 0.250 e. The zero-order chi connectivity index (χ0) is 25.3. The molecule has 0 radical (unpaired) electrons. The molecular formula is C25H33BrClN3O5. The second-order valence-corrected chi connectivity index (χ2v) is 11.3. The molecule has 3 aliphatic heterocycles. The molecule has 3 saturated heterocycles. The van der Waals surface area contributed by atoms with Gasteiger partial charge in [-0.3, -0.25) is 14.4 Å². The fraction of sp³-hybridized carbons (Fsp3) is 0.640. The predicted octanol–water partition coefficient (Wildman–Crippen LogP) is 3.02. The van der Waals surface area contributed by atoms with Gasteiger partial charge in [0.15, 0.2) is 0 Å². The molecule has 1 spiro atoms. The van der Waals surface area contributed by atoms with Crippen LogP contribution in [0.25, 0.3) is 0 Å². The van der Waals surface area contributed by atoms with E-state index in [2.05, 4.69) is 26.6 Å². The molecule has 3 heterocycles. The fourth-order valence-corrected chi connectivity index (χ4v) is 7.10. The Morgan fingerprint density at radius 2 is 2.06 bits per heavy atom. The lowest BCUT2D eigenvalue weighted by molar-refractivity contribution is -0.140. The Labute approximate surface area is 219 Å². The first-order chi connectivity index (χ1) is 16.8. The molecule has 35 heavy (non-hydrogen) atoms. The zero-order valence-electron chi connectivity index (χ0n) is 20.1. The van der Waals surface area contributed by atoms with Crippen LogP contribution in [0.4, 0.5) is 5.69 Å². The Balaban J connectivity index is 1.68. The van der Waals surface area contributed by atoms with Crippen molar-refractivity contribution in [3.8, 4) is 0 Å². The van der Waals surface area contributed by atoms with Crippen LogP contribution in [-0.4, -0.2) is 70.0 Å². The van der Waals surface area contributed by atoms with Crippen LogP contribution >= 0.6 is 27.5 Å². The summed E-state index contributed by atoms with van der Waals surface area (Å²) >= 11 is 10.0. The van der Waals surface area contributed by atoms with Crippen LogP contribution in [-0.2, 0) is 19.1 Å². The molecule has 0 aliphatic carbocycles. The number of unbranched alkanes of at least 4 members (excludes halogenated alkanes) is 2. The molecule has 192 valence electrons. The van der Waals surface area contributed by atoms with E-state index >= 15 is 0 Å². The van der Waals surface area contributed by atoms with Gasteiger partial charge in [0.1, 0.15) is 11.6 Å². The topological polar surface area (TPSA) is 108 Å². The number of halogens is 2. The van der Waals surface area contributed by atoms with E-state index in [9.17, 15) is 14.4 Å². The van der Waals surface area contributed by atoms with Crippen molar-refractivity contribution < 1.29 is 24.2 Å². The summed E-state index contributed by atoms with van der Waals surface area (Å²) in [6.45, 7) is 4.77. The molecule has 8 nitrogen and oxygen atoms in total. The number of likely N-dealkylation sites (tertiary alicyclic amines) is 1. The van der Waals surface area contributed by atoms with Gasteiger partial charge in [0, 0.05) is 24.5 Å². The summed E-state index contributed by atoms with van der Waals surface area (Å²) in [6.07, 6.45) is 2.74. The van der Waals surface area contributed by atoms with Crippen LogP contribution in [0.1, 0.15) is 44.6 Å². The number of alkyl halides is 1. The first kappa shape index (κ1) is 26.4. The number of benzene rings is 1. The summed E-state index contributed by atoms with van der Waals surface area (Å²) < 4.78 is 6.47. The molecule has 1 aromatic rings. The lowest BCUT2D eigenvalue weighted by Gasteiger charge is -2.34. The molecular weight excluding hydrogens is 538 g/mol. The first-order valence-electron chi connectivity index (χ1n) is 12.3. The number of nitrogens with one attached hydrogen (secondary N) is 2. The number of aliphatic hydroxyl groups excluding tert-OH is 1. The van der Waals surface area contributed by atoms with Crippen LogP contribution in [0.3, 0.4) is 0 Å². The highest BCUT2D eigenvalue weighted by Crippen LogP contribution is 2.60. The number of anilines is 1. The van der Waals surface area contributed by atoms with Crippen molar-refractivity contribution in [2.75, 3.05) is 25.0 Å². The molecule has 1 aromatic carbocycles. The second-order valence-electron chi connectivity index (χ2n) is 9.69. The van der Waals surface area contributed by atoms with Crippen molar-refractivity contribution in [2.24, 2.45) is 11.8 Å². The van der Waals surface area contributed by atoms with Gasteiger partial charge in [-0.2, -0.15) is 0 Å². The average molecular weight is 571 g/mol. The van der Waals surface area contributed by atoms with E-state index in [0.29, 0.717) is 43.1 Å². The average Bonchev–Trinajstić information content (AvgIpc) is 3.41. The van der Waals surface area contributed by atoms with Gasteiger partial charge >= 0.3 is 0 Å². The largest absolute Gasteiger partial charge is 0.396 e. The van der Waals surface area contributed by atoms with E-state index < -0.39 is 29.6 Å². The molecule has 2 bridgehead atoms. The third-order valence-corrected chi connectivity index (χ3v) is 8.58. The van der Waals surface area contributed by atoms with Crippen LogP contribution < -0.4 is 10.6 Å². The minimum atomic E-state index is -1.10. The Kier molecular flexibility index (Phi) is 8.10. The predicted molar refractivity (Wildman–Crippen MR) is 136 cm³/mol. The zero-order valence-corrected chi connectivity index (χ0v) is 22.4. The summed E-state index contributed by atoms with van der Waals surface area (Å²) in [5.74, 6) is -2.17. The van der Waals surface area contributed by atoms with Crippen molar-refractivity contribution >= 4 is 50.9 Å². The van der Waals surface area contributed by atoms with E-state index in [4.69, 9.17) is 21.4 Å². The van der Waals surface area contributed by atoms with Crippen LogP contribution in [0.5, 0.6) is 0 Å². The van der Waals surface area contributed by atoms with Crippen molar-refractivity contribution in [1.82, 2.24) is 10.2 Å². The summed E-state index contributed by atoms with van der Waals surface area (Å²) in [6, 6.07) is 4.48. The fourth-order valence-electron chi connectivity index (χ4n) is 5.89. The number of carbonyl (C=O) groups excluding carboxylic acids is 3. The second kappa shape index (κ2) is 10.7. The molecule has 3 amide bonds. The van der Waals surface area contributed by atoms with Crippen LogP contribution in [0.15, 0.2) is 18.2 Å². The maximum absolute atomic E-state index is 13.8. The number of hydrogen-bond acceptors (Lipinski definition) is 5. The molecule has 10 heteroatoms. The van der Waals surface area contributed by atoms with Gasteiger partial charge in [-0.25, -0.2) is 0 Å². The molecule has 3 N–H and O–H groups in total. The minimum absolute atomic E-state index is 0.0753. The van der Waals surface area contributed by atoms with Gasteiger partial charge in [-0.1, -0.05) is 46.6 Å². The lowest BCUT2D eigenvalue weighted by Crippen LogP contribution is -2.54. The van der Waals surface area contributed by atoms with Crippen molar-refractivity contribution in [3.63, 3.8) is 0 Å². The summed E-state index contributed by atoms with van der Waals surface area (Å²) in [5.41, 5.74) is 0.220. The Morgan fingerprint density at radius 3 is 2.74 bits per heavy atom. The van der Waals surface area contributed by atoms with Gasteiger partial charge in [0.25, 0.3) is 0 Å². The van der Waals surface area contributed by atoms with Crippen molar-refractivity contribution in [1.29, 1.82) is 0 Å². The Bertz CT molecular complexity index is 974. The number of aryl methyl sites for hydroxylation is 1. The summed E-state index contributed by atoms with van der Waals surface area (Å²) in [4.78, 5) is 42.3. The van der Waals surface area contributed by atoms with E-state index in [-0.39, 0.29) is 29.2 Å². The molecule has 0 aromatic heterocycles. The monoisotopic (exact) mass is 569 g/mol. The highest BCUT2D eigenvalue weighted by Gasteiger charge is 2.76. The van der Waals surface area contributed by atoms with E-state index in [1.165, 1.54) is 0 Å². The summed E-state index contributed by atoms with van der Waals surface area (Å²) in [7, 11) is 0. The third-order valence-electron chi connectivity index (χ3n) is 7.42. The Morgan fingerprint density at radius 1 is 1.29 bits per heavy atom. The van der Waals surface area contributed by atoms with Gasteiger partial charge < -0.3 is 25.4 Å². The number of para-hydroxylation sites is 1. The number of carbonyl (C=O) groups is 3. The summed E-state index contributed by atoms with van der Waals surface area (Å²) in [5, 5.41) is 15.4. The van der Waals surface area contributed by atoms with Gasteiger partial charge in [-0.05, 0) is 50.7 Å². The number of hydrogen-bond donors (Lipinski definition) is 3. The van der Waals surface area contributed by atoms with Gasteiger partial charge in [0.2, 0.25) is 17.7 Å². The quantitative estimate of drug-likeness (QED) is 0.296. The van der Waals surface area contributed by atoms with E-state index in [0.717, 1.165) is 18.4 Å². The number of aliphatic hydroxyl groups is 1. The van der Waals surface area contributed by atoms with Crippen LogP contribution in [0, 0.1) is 18.8 Å². The maximum atomic E-state index is 13.8. The number of rotatable bonds is 10. The molecule has 6 atom stereocenters. The van der Waals surface area contributed by atoms with Crippen molar-refractivity contribution in [3.05, 3.63) is 28.8 Å². The smallest absolute Gasteiger partial charge is 0.250 e. The van der Waals surface area contributed by atoms with E-state index in [1.807, 2.05) is 26.0 Å². The van der Waals surface area contributed by atoms with Gasteiger partial charge in [-0.15, -0.1) is 0 Å². The molecule has 4 rings (SSSR count). The number of nitrogens with zero attached hydrogens (tertiary/aromatic N) is 1. The van der Waals surface area contributed by atoms with E-state index in [1.54, 1.807) is 11.0 Å². The highest BCUT2D eigenvalue weighted by molar-refractivity contribution is 9.09. The molecule has 3 unspecified atom stereocenters. The number of ether oxygens (including phenoxy) is 1. The first-order valence-corrected chi connectivity index (χ1v) is 13.6. The number of amides is 3.